The maximum absolute atomic E-state index is 13.3. The average Bonchev–Trinajstić information content (AvgIpc) is 3.41. The van der Waals surface area contributed by atoms with Crippen molar-refractivity contribution >= 4 is 5.78 Å². The molecule has 1 aromatic heterocycles. The Morgan fingerprint density at radius 2 is 1.88 bits per heavy atom. The number of carbonyl (C=O) groups is 1. The van der Waals surface area contributed by atoms with Gasteiger partial charge in [0.15, 0.2) is 17.3 Å². The summed E-state index contributed by atoms with van der Waals surface area (Å²) in [6.45, 7) is 0.523. The Morgan fingerprint density at radius 1 is 1.06 bits per heavy atom. The van der Waals surface area contributed by atoms with Gasteiger partial charge in [-0.25, -0.2) is 0 Å². The Kier molecular flexibility index (Phi) is 5.45. The fourth-order valence-corrected chi connectivity index (χ4v) is 3.55. The first-order chi connectivity index (χ1) is 16.1. The Balaban J connectivity index is 1.31. The van der Waals surface area contributed by atoms with E-state index in [9.17, 15) is 4.79 Å². The van der Waals surface area contributed by atoms with Crippen LogP contribution in [0.4, 0.5) is 0 Å². The van der Waals surface area contributed by atoms with Gasteiger partial charge in [-0.1, -0.05) is 36.4 Å². The molecule has 0 radical (unpaired) electrons. The summed E-state index contributed by atoms with van der Waals surface area (Å²) >= 11 is 0. The van der Waals surface area contributed by atoms with E-state index < -0.39 is 5.72 Å². The summed E-state index contributed by atoms with van der Waals surface area (Å²) in [5.41, 5.74) is 6.84. The summed E-state index contributed by atoms with van der Waals surface area (Å²) in [5, 5.41) is 13.7. The molecule has 1 aliphatic rings. The van der Waals surface area contributed by atoms with Crippen LogP contribution in [-0.4, -0.2) is 39.6 Å². The number of aromatic amines is 1. The Bertz CT molecular complexity index is 1250. The number of carbonyl (C=O) groups excluding carboxylic acids is 1. The number of H-pyrrole nitrogens is 1. The maximum atomic E-state index is 13.3. The molecule has 0 aliphatic carbocycles. The standard InChI is InChI=1S/C24H21N5O4/c25-24(23-26-28-29-27-23)15-32-20-8-4-7-19(22(20)33-24)21(30)17-9-11-18(12-10-17)31-14-13-16-5-2-1-3-6-16/h1-12H,13-15,25H2,(H,26,27,28,29). The van der Waals surface area contributed by atoms with Crippen molar-refractivity contribution in [1.82, 2.24) is 20.6 Å². The number of para-hydroxylation sites is 1. The van der Waals surface area contributed by atoms with Crippen LogP contribution in [-0.2, 0) is 12.1 Å². The number of nitrogens with zero attached hydrogens (tertiary/aromatic N) is 3. The molecular weight excluding hydrogens is 422 g/mol. The Morgan fingerprint density at radius 3 is 2.64 bits per heavy atom. The molecule has 4 aromatic rings. The van der Waals surface area contributed by atoms with Gasteiger partial charge in [0, 0.05) is 12.0 Å². The van der Waals surface area contributed by atoms with Crippen LogP contribution in [0, 0.1) is 0 Å². The van der Waals surface area contributed by atoms with Gasteiger partial charge in [-0.15, -0.1) is 10.2 Å². The first kappa shape index (κ1) is 20.7. The number of ether oxygens (including phenoxy) is 3. The number of aromatic nitrogens is 4. The quantitative estimate of drug-likeness (QED) is 0.418. The zero-order valence-electron chi connectivity index (χ0n) is 17.6. The minimum absolute atomic E-state index is 0.0216. The van der Waals surface area contributed by atoms with Crippen LogP contribution >= 0.6 is 0 Å². The zero-order chi connectivity index (χ0) is 22.7. The first-order valence-electron chi connectivity index (χ1n) is 10.4. The molecule has 0 spiro atoms. The summed E-state index contributed by atoms with van der Waals surface area (Å²) < 4.78 is 17.5. The molecule has 1 aliphatic heterocycles. The van der Waals surface area contributed by atoms with Crippen LogP contribution in [0.5, 0.6) is 17.2 Å². The third-order valence-electron chi connectivity index (χ3n) is 5.29. The van der Waals surface area contributed by atoms with Crippen LogP contribution in [0.1, 0.15) is 27.3 Å². The van der Waals surface area contributed by atoms with E-state index in [4.69, 9.17) is 19.9 Å². The highest BCUT2D eigenvalue weighted by molar-refractivity contribution is 6.11. The van der Waals surface area contributed by atoms with Crippen molar-refractivity contribution in [2.24, 2.45) is 5.73 Å². The molecule has 2 heterocycles. The van der Waals surface area contributed by atoms with Crippen LogP contribution < -0.4 is 19.9 Å². The maximum Gasteiger partial charge on any atom is 0.257 e. The van der Waals surface area contributed by atoms with E-state index in [1.165, 1.54) is 5.56 Å². The molecule has 0 fully saturated rings. The van der Waals surface area contributed by atoms with Crippen molar-refractivity contribution in [3.63, 3.8) is 0 Å². The van der Waals surface area contributed by atoms with Crippen LogP contribution in [0.2, 0.25) is 0 Å². The van der Waals surface area contributed by atoms with E-state index in [1.54, 1.807) is 42.5 Å². The lowest BCUT2D eigenvalue weighted by Gasteiger charge is -2.33. The number of fused-ring (bicyclic) bond motifs is 1. The summed E-state index contributed by atoms with van der Waals surface area (Å²) in [7, 11) is 0. The van der Waals surface area contributed by atoms with Gasteiger partial charge in [-0.2, -0.15) is 5.21 Å². The molecule has 3 aromatic carbocycles. The molecule has 33 heavy (non-hydrogen) atoms. The van der Waals surface area contributed by atoms with Crippen LogP contribution in [0.25, 0.3) is 0 Å². The van der Waals surface area contributed by atoms with E-state index in [-0.39, 0.29) is 24.0 Å². The number of benzene rings is 3. The molecule has 0 saturated heterocycles. The number of hydrogen-bond donors (Lipinski definition) is 2. The molecule has 9 heteroatoms. The summed E-state index contributed by atoms with van der Waals surface area (Å²) in [6, 6.07) is 22.2. The lowest BCUT2D eigenvalue weighted by atomic mass is 10.0. The Labute approximate surface area is 189 Å². The number of rotatable bonds is 7. The van der Waals surface area contributed by atoms with Crippen LogP contribution in [0.3, 0.4) is 0 Å². The SMILES string of the molecule is NC1(c2nn[nH]n2)COc2cccc(C(=O)c3ccc(OCCc4ccccc4)cc3)c2O1. The third kappa shape index (κ3) is 4.26. The van der Waals surface area contributed by atoms with Crippen molar-refractivity contribution < 1.29 is 19.0 Å². The van der Waals surface area contributed by atoms with E-state index >= 15 is 0 Å². The molecule has 1 unspecified atom stereocenters. The second-order valence-electron chi connectivity index (χ2n) is 7.59. The van der Waals surface area contributed by atoms with Gasteiger partial charge in [0.25, 0.3) is 5.72 Å². The summed E-state index contributed by atoms with van der Waals surface area (Å²) in [5.74, 6) is 1.25. The second kappa shape index (κ2) is 8.71. The Hall–Kier alpha value is -4.24. The lowest BCUT2D eigenvalue weighted by Crippen LogP contribution is -2.51. The highest BCUT2D eigenvalue weighted by Gasteiger charge is 2.41. The number of nitrogens with one attached hydrogen (secondary N) is 1. The van der Waals surface area contributed by atoms with E-state index in [0.29, 0.717) is 29.2 Å². The minimum atomic E-state index is -1.47. The number of nitrogens with two attached hydrogens (primary N) is 1. The van der Waals surface area contributed by atoms with E-state index in [1.807, 2.05) is 18.2 Å². The number of tetrazole rings is 1. The highest BCUT2D eigenvalue weighted by atomic mass is 16.6. The highest BCUT2D eigenvalue weighted by Crippen LogP contribution is 2.40. The number of ketones is 1. The smallest absolute Gasteiger partial charge is 0.257 e. The third-order valence-corrected chi connectivity index (χ3v) is 5.29. The van der Waals surface area contributed by atoms with Gasteiger partial charge in [0.2, 0.25) is 5.82 Å². The van der Waals surface area contributed by atoms with E-state index in [0.717, 1.165) is 6.42 Å². The fourth-order valence-electron chi connectivity index (χ4n) is 3.55. The molecule has 166 valence electrons. The largest absolute Gasteiger partial charge is 0.493 e. The zero-order valence-corrected chi connectivity index (χ0v) is 17.6. The van der Waals surface area contributed by atoms with Gasteiger partial charge < -0.3 is 14.2 Å². The predicted molar refractivity (Wildman–Crippen MR) is 118 cm³/mol. The predicted octanol–water partition coefficient (Wildman–Crippen LogP) is 2.64. The normalized spacial score (nSPS) is 16.9. The van der Waals surface area contributed by atoms with Gasteiger partial charge in [0.1, 0.15) is 12.4 Å². The van der Waals surface area contributed by atoms with Crippen molar-refractivity contribution in [3.8, 4) is 17.2 Å². The van der Waals surface area contributed by atoms with Crippen molar-refractivity contribution in [2.45, 2.75) is 12.1 Å². The van der Waals surface area contributed by atoms with Gasteiger partial charge in [-0.05, 0) is 47.2 Å². The molecule has 3 N–H and O–H groups in total. The molecule has 0 amide bonds. The van der Waals surface area contributed by atoms with E-state index in [2.05, 4.69) is 32.8 Å². The fraction of sp³-hybridized carbons (Fsp3) is 0.167. The first-order valence-corrected chi connectivity index (χ1v) is 10.4. The molecule has 5 rings (SSSR count). The van der Waals surface area contributed by atoms with Crippen molar-refractivity contribution in [3.05, 3.63) is 95.3 Å². The average molecular weight is 443 g/mol. The van der Waals surface area contributed by atoms with Gasteiger partial charge >= 0.3 is 0 Å². The monoisotopic (exact) mass is 443 g/mol. The topological polar surface area (TPSA) is 125 Å². The molecule has 0 saturated carbocycles. The van der Waals surface area contributed by atoms with Crippen LogP contribution in [0.15, 0.2) is 72.8 Å². The van der Waals surface area contributed by atoms with Crippen molar-refractivity contribution in [1.29, 1.82) is 0 Å². The van der Waals surface area contributed by atoms with Crippen molar-refractivity contribution in [2.75, 3.05) is 13.2 Å². The van der Waals surface area contributed by atoms with Gasteiger partial charge in [-0.3, -0.25) is 10.5 Å². The summed E-state index contributed by atoms with van der Waals surface area (Å²) in [4.78, 5) is 13.3. The van der Waals surface area contributed by atoms with Gasteiger partial charge in [0.05, 0.1) is 12.2 Å². The molecular formula is C24H21N5O4. The molecule has 0 bridgehead atoms. The number of hydrogen-bond acceptors (Lipinski definition) is 8. The minimum Gasteiger partial charge on any atom is -0.493 e. The second-order valence-corrected chi connectivity index (χ2v) is 7.59. The summed E-state index contributed by atoms with van der Waals surface area (Å²) in [6.07, 6.45) is 0.802. The molecule has 1 atom stereocenters. The molecule has 9 nitrogen and oxygen atoms in total. The lowest BCUT2D eigenvalue weighted by molar-refractivity contribution is -0.0154.